The van der Waals surface area contributed by atoms with Crippen LogP contribution in [0.5, 0.6) is 5.75 Å². The van der Waals surface area contributed by atoms with Gasteiger partial charge in [-0.05, 0) is 62.6 Å². The Morgan fingerprint density at radius 2 is 2.10 bits per heavy atom. The minimum absolute atomic E-state index is 0.146. The van der Waals surface area contributed by atoms with E-state index in [2.05, 4.69) is 29.9 Å². The number of carbonyl (C=O) groups is 1. The van der Waals surface area contributed by atoms with Crippen LogP contribution >= 0.6 is 0 Å². The summed E-state index contributed by atoms with van der Waals surface area (Å²) in [6.07, 6.45) is 7.34. The van der Waals surface area contributed by atoms with E-state index in [1.165, 1.54) is 37.6 Å². The third-order valence-corrected chi connectivity index (χ3v) is 5.82. The van der Waals surface area contributed by atoms with E-state index in [9.17, 15) is 9.90 Å². The summed E-state index contributed by atoms with van der Waals surface area (Å²) >= 11 is 0. The van der Waals surface area contributed by atoms with Gasteiger partial charge in [0, 0.05) is 28.9 Å². The van der Waals surface area contributed by atoms with E-state index in [1.54, 1.807) is 30.3 Å². The molecule has 152 valence electrons. The molecule has 1 atom stereocenters. The summed E-state index contributed by atoms with van der Waals surface area (Å²) in [6, 6.07) is 10.7. The van der Waals surface area contributed by atoms with Crippen LogP contribution in [0.4, 0.5) is 5.69 Å². The number of nitrogens with zero attached hydrogens (tertiary/aromatic N) is 2. The number of aromatic hydroxyl groups is 1. The summed E-state index contributed by atoms with van der Waals surface area (Å²) < 4.78 is 7.27. The molecule has 2 aromatic heterocycles. The van der Waals surface area contributed by atoms with Gasteiger partial charge >= 0.3 is 0 Å². The molecule has 6 heteroatoms. The van der Waals surface area contributed by atoms with Gasteiger partial charge in [0.25, 0.3) is 5.91 Å². The number of anilines is 1. The quantitative estimate of drug-likeness (QED) is 0.524. The maximum absolute atomic E-state index is 12.3. The van der Waals surface area contributed by atoms with Gasteiger partial charge in [0.2, 0.25) is 0 Å². The van der Waals surface area contributed by atoms with E-state index in [4.69, 9.17) is 9.52 Å². The van der Waals surface area contributed by atoms with Crippen LogP contribution in [-0.2, 0) is 0 Å². The summed E-state index contributed by atoms with van der Waals surface area (Å²) in [6.45, 7) is 4.34. The maximum atomic E-state index is 12.3. The Kier molecular flexibility index (Phi) is 5.43. The fourth-order valence-electron chi connectivity index (χ4n) is 4.01. The first-order valence-corrected chi connectivity index (χ1v) is 10.3. The molecular formula is C23H27N3O3. The van der Waals surface area contributed by atoms with Crippen molar-refractivity contribution in [2.75, 3.05) is 5.32 Å². The number of furan rings is 1. The molecule has 1 aliphatic rings. The normalized spacial score (nSPS) is 15.5. The lowest BCUT2D eigenvalue weighted by atomic mass is 10.0. The molecule has 0 saturated heterocycles. The maximum Gasteiger partial charge on any atom is 0.291 e. The number of rotatable bonds is 6. The van der Waals surface area contributed by atoms with Gasteiger partial charge in [-0.15, -0.1) is 0 Å². The van der Waals surface area contributed by atoms with Crippen LogP contribution in [0.1, 0.15) is 74.2 Å². The molecule has 6 nitrogen and oxygen atoms in total. The number of benzene rings is 1. The first kappa shape index (κ1) is 19.3. The smallest absolute Gasteiger partial charge is 0.291 e. The molecule has 3 aromatic rings. The van der Waals surface area contributed by atoms with Gasteiger partial charge in [-0.3, -0.25) is 9.48 Å². The lowest BCUT2D eigenvalue weighted by Crippen LogP contribution is -2.12. The third kappa shape index (κ3) is 3.92. The van der Waals surface area contributed by atoms with Crippen molar-refractivity contribution in [3.8, 4) is 17.0 Å². The van der Waals surface area contributed by atoms with Crippen molar-refractivity contribution < 1.29 is 14.3 Å². The van der Waals surface area contributed by atoms with E-state index in [-0.39, 0.29) is 17.4 Å². The molecule has 1 aromatic carbocycles. The van der Waals surface area contributed by atoms with E-state index >= 15 is 0 Å². The van der Waals surface area contributed by atoms with Crippen LogP contribution in [0.3, 0.4) is 0 Å². The molecule has 2 heterocycles. The van der Waals surface area contributed by atoms with Crippen molar-refractivity contribution >= 4 is 11.6 Å². The standard InChI is InChI=1S/C23H27N3O3/c1-3-15(2)26-20(16-7-4-5-8-16)14-19(25-26)18-13-17(10-11-21(18)27)24-23(28)22-9-6-12-29-22/h6,9-16,27H,3-5,7-8H2,1-2H3,(H,24,28). The van der Waals surface area contributed by atoms with E-state index in [1.807, 2.05) is 0 Å². The fourth-order valence-corrected chi connectivity index (χ4v) is 4.01. The molecule has 0 aliphatic heterocycles. The lowest BCUT2D eigenvalue weighted by Gasteiger charge is -2.17. The Hall–Kier alpha value is -3.02. The minimum Gasteiger partial charge on any atom is -0.507 e. The number of hydrogen-bond donors (Lipinski definition) is 2. The van der Waals surface area contributed by atoms with Gasteiger partial charge in [-0.25, -0.2) is 0 Å². The fraction of sp³-hybridized carbons (Fsp3) is 0.391. The average molecular weight is 393 g/mol. The predicted molar refractivity (Wildman–Crippen MR) is 112 cm³/mol. The minimum atomic E-state index is -0.330. The molecule has 4 rings (SSSR count). The second kappa shape index (κ2) is 8.15. The van der Waals surface area contributed by atoms with Gasteiger partial charge in [0.05, 0.1) is 12.0 Å². The van der Waals surface area contributed by atoms with Crippen molar-refractivity contribution in [2.45, 2.75) is 57.9 Å². The molecule has 0 bridgehead atoms. The number of amides is 1. The van der Waals surface area contributed by atoms with E-state index in [0.29, 0.717) is 23.2 Å². The number of carbonyl (C=O) groups excluding carboxylic acids is 1. The van der Waals surface area contributed by atoms with Crippen molar-refractivity contribution in [1.29, 1.82) is 0 Å². The highest BCUT2D eigenvalue weighted by Crippen LogP contribution is 2.39. The Bertz CT molecular complexity index is 985. The molecule has 1 saturated carbocycles. The Morgan fingerprint density at radius 1 is 1.31 bits per heavy atom. The Balaban J connectivity index is 1.67. The van der Waals surface area contributed by atoms with Crippen LogP contribution in [0.15, 0.2) is 47.1 Å². The highest BCUT2D eigenvalue weighted by molar-refractivity contribution is 6.02. The summed E-state index contributed by atoms with van der Waals surface area (Å²) in [5.74, 6) is 0.578. The van der Waals surface area contributed by atoms with Crippen LogP contribution < -0.4 is 5.32 Å². The summed E-state index contributed by atoms with van der Waals surface area (Å²) in [5.41, 5.74) is 3.18. The second-order valence-corrected chi connectivity index (χ2v) is 7.80. The van der Waals surface area contributed by atoms with Crippen molar-refractivity contribution in [2.24, 2.45) is 0 Å². The third-order valence-electron chi connectivity index (χ3n) is 5.82. The van der Waals surface area contributed by atoms with Crippen molar-refractivity contribution in [3.05, 3.63) is 54.1 Å². The Labute approximate surface area is 170 Å². The molecular weight excluding hydrogens is 366 g/mol. The second-order valence-electron chi connectivity index (χ2n) is 7.80. The van der Waals surface area contributed by atoms with Gasteiger partial charge in [-0.1, -0.05) is 19.8 Å². The largest absolute Gasteiger partial charge is 0.507 e. The topological polar surface area (TPSA) is 80.3 Å². The van der Waals surface area contributed by atoms with Crippen LogP contribution in [-0.4, -0.2) is 20.8 Å². The molecule has 1 amide bonds. The molecule has 1 fully saturated rings. The molecule has 2 N–H and O–H groups in total. The molecule has 0 radical (unpaired) electrons. The SMILES string of the molecule is CCC(C)n1nc(-c2cc(NC(=O)c3ccco3)ccc2O)cc1C1CCCC1. The molecule has 29 heavy (non-hydrogen) atoms. The summed E-state index contributed by atoms with van der Waals surface area (Å²) in [4.78, 5) is 12.3. The zero-order chi connectivity index (χ0) is 20.4. The predicted octanol–water partition coefficient (Wildman–Crippen LogP) is 5.73. The van der Waals surface area contributed by atoms with Crippen LogP contribution in [0, 0.1) is 0 Å². The summed E-state index contributed by atoms with van der Waals surface area (Å²) in [7, 11) is 0. The van der Waals surface area contributed by atoms with E-state index in [0.717, 1.165) is 12.1 Å². The monoisotopic (exact) mass is 393 g/mol. The first-order chi connectivity index (χ1) is 14.1. The number of nitrogens with one attached hydrogen (secondary N) is 1. The number of hydrogen-bond acceptors (Lipinski definition) is 4. The lowest BCUT2D eigenvalue weighted by molar-refractivity contribution is 0.0996. The zero-order valence-electron chi connectivity index (χ0n) is 16.9. The van der Waals surface area contributed by atoms with Crippen molar-refractivity contribution in [1.82, 2.24) is 9.78 Å². The highest BCUT2D eigenvalue weighted by Gasteiger charge is 2.25. The van der Waals surface area contributed by atoms with Crippen LogP contribution in [0.2, 0.25) is 0 Å². The van der Waals surface area contributed by atoms with Gasteiger partial charge in [0.1, 0.15) is 5.75 Å². The zero-order valence-corrected chi connectivity index (χ0v) is 16.9. The van der Waals surface area contributed by atoms with Gasteiger partial charge in [0.15, 0.2) is 5.76 Å². The summed E-state index contributed by atoms with van der Waals surface area (Å²) in [5, 5.41) is 18.2. The van der Waals surface area contributed by atoms with Gasteiger partial charge in [-0.2, -0.15) is 5.10 Å². The molecule has 1 unspecified atom stereocenters. The number of phenolic OH excluding ortho intramolecular Hbond substituents is 1. The molecule has 1 aliphatic carbocycles. The van der Waals surface area contributed by atoms with Gasteiger partial charge < -0.3 is 14.8 Å². The number of aromatic nitrogens is 2. The van der Waals surface area contributed by atoms with Crippen LogP contribution in [0.25, 0.3) is 11.3 Å². The Morgan fingerprint density at radius 3 is 2.79 bits per heavy atom. The van der Waals surface area contributed by atoms with Crippen molar-refractivity contribution in [3.63, 3.8) is 0 Å². The number of phenols is 1. The first-order valence-electron chi connectivity index (χ1n) is 10.3. The van der Waals surface area contributed by atoms with E-state index < -0.39 is 0 Å². The molecule has 0 spiro atoms. The average Bonchev–Trinajstić information content (AvgIpc) is 3.49. The highest BCUT2D eigenvalue weighted by atomic mass is 16.3.